The average Bonchev–Trinajstić information content (AvgIpc) is 3.19. The first-order valence-corrected chi connectivity index (χ1v) is 10.7. The second-order valence-electron chi connectivity index (χ2n) is 7.08. The van der Waals surface area contributed by atoms with Crippen molar-refractivity contribution in [2.24, 2.45) is 4.99 Å². The van der Waals surface area contributed by atoms with Gasteiger partial charge >= 0.3 is 0 Å². The Morgan fingerprint density at radius 2 is 2.10 bits per heavy atom. The van der Waals surface area contributed by atoms with Gasteiger partial charge in [0.25, 0.3) is 0 Å². The van der Waals surface area contributed by atoms with Crippen LogP contribution in [0.3, 0.4) is 0 Å². The molecule has 0 aliphatic carbocycles. The van der Waals surface area contributed by atoms with Crippen LogP contribution in [-0.4, -0.2) is 44.3 Å². The maximum Gasteiger partial charge on any atom is 0.191 e. The van der Waals surface area contributed by atoms with E-state index in [2.05, 4.69) is 27.5 Å². The average molecular weight is 532 g/mol. The van der Waals surface area contributed by atoms with Crippen molar-refractivity contribution in [3.05, 3.63) is 51.7 Å². The number of nitrogens with zero attached hydrogens (tertiary/aromatic N) is 2. The van der Waals surface area contributed by atoms with Gasteiger partial charge in [0.05, 0.1) is 5.01 Å². The molecule has 3 rings (SSSR count). The minimum atomic E-state index is -0.194. The third-order valence-corrected chi connectivity index (χ3v) is 6.49. The molecule has 2 aromatic rings. The Hall–Kier alpha value is -1.26. The van der Waals surface area contributed by atoms with Crippen molar-refractivity contribution in [1.29, 1.82) is 0 Å². The van der Waals surface area contributed by atoms with E-state index >= 15 is 0 Å². The van der Waals surface area contributed by atoms with Crippen molar-refractivity contribution in [2.75, 3.05) is 33.4 Å². The van der Waals surface area contributed by atoms with Crippen LogP contribution in [0.2, 0.25) is 0 Å². The van der Waals surface area contributed by atoms with Gasteiger partial charge in [-0.25, -0.2) is 9.37 Å². The van der Waals surface area contributed by atoms with E-state index in [4.69, 9.17) is 4.74 Å². The summed E-state index contributed by atoms with van der Waals surface area (Å²) in [6, 6.07) is 6.94. The number of aryl methyl sites for hydroxylation is 1. The van der Waals surface area contributed by atoms with Crippen LogP contribution in [0.1, 0.15) is 35.2 Å². The van der Waals surface area contributed by atoms with E-state index in [1.54, 1.807) is 30.5 Å². The van der Waals surface area contributed by atoms with Crippen LogP contribution in [0.15, 0.2) is 35.5 Å². The van der Waals surface area contributed by atoms with E-state index in [1.807, 2.05) is 12.3 Å². The predicted molar refractivity (Wildman–Crippen MR) is 128 cm³/mol. The SMILES string of the molecule is CCc1cnc(CCNC(=NC)NCC2(c3cccc(F)c3)CCOCC2)s1.I. The molecule has 2 heterocycles. The number of thiazole rings is 1. The molecular weight excluding hydrogens is 502 g/mol. The van der Waals surface area contributed by atoms with Gasteiger partial charge in [-0.05, 0) is 37.0 Å². The van der Waals surface area contributed by atoms with Crippen LogP contribution in [0.5, 0.6) is 0 Å². The number of ether oxygens (including phenoxy) is 1. The number of rotatable bonds is 7. The molecule has 1 aliphatic rings. The molecule has 2 N–H and O–H groups in total. The Labute approximate surface area is 193 Å². The molecule has 0 unspecified atom stereocenters. The minimum Gasteiger partial charge on any atom is -0.381 e. The molecule has 29 heavy (non-hydrogen) atoms. The van der Waals surface area contributed by atoms with Gasteiger partial charge in [0, 0.05) is 56.3 Å². The Bertz CT molecular complexity index is 792. The molecule has 1 aromatic heterocycles. The number of hydrogen-bond donors (Lipinski definition) is 2. The zero-order valence-electron chi connectivity index (χ0n) is 17.0. The lowest BCUT2D eigenvalue weighted by molar-refractivity contribution is 0.0513. The Morgan fingerprint density at radius 1 is 1.31 bits per heavy atom. The predicted octanol–water partition coefficient (Wildman–Crippen LogP) is 3.92. The summed E-state index contributed by atoms with van der Waals surface area (Å²) in [5, 5.41) is 7.95. The van der Waals surface area contributed by atoms with E-state index in [1.165, 1.54) is 10.9 Å². The van der Waals surface area contributed by atoms with E-state index in [0.29, 0.717) is 19.8 Å². The van der Waals surface area contributed by atoms with Crippen molar-refractivity contribution < 1.29 is 9.13 Å². The number of hydrogen-bond acceptors (Lipinski definition) is 4. The van der Waals surface area contributed by atoms with Crippen molar-refractivity contribution >= 4 is 41.3 Å². The molecule has 0 amide bonds. The highest BCUT2D eigenvalue weighted by Crippen LogP contribution is 2.34. The number of guanidine groups is 1. The lowest BCUT2D eigenvalue weighted by Gasteiger charge is -2.38. The molecule has 0 bridgehead atoms. The summed E-state index contributed by atoms with van der Waals surface area (Å²) in [5.41, 5.74) is 0.872. The molecule has 8 heteroatoms. The van der Waals surface area contributed by atoms with Gasteiger partial charge in [-0.3, -0.25) is 4.99 Å². The number of aliphatic imine (C=N–C) groups is 1. The highest BCUT2D eigenvalue weighted by atomic mass is 127. The molecular formula is C21H30FIN4OS. The monoisotopic (exact) mass is 532 g/mol. The number of aromatic nitrogens is 1. The summed E-state index contributed by atoms with van der Waals surface area (Å²) >= 11 is 1.77. The lowest BCUT2D eigenvalue weighted by atomic mass is 9.74. The quantitative estimate of drug-likeness (QED) is 0.323. The van der Waals surface area contributed by atoms with Crippen molar-refractivity contribution in [2.45, 2.75) is 38.0 Å². The summed E-state index contributed by atoms with van der Waals surface area (Å²) in [6.07, 6.45) is 5.58. The van der Waals surface area contributed by atoms with Crippen molar-refractivity contribution in [1.82, 2.24) is 15.6 Å². The zero-order chi connectivity index (χ0) is 19.8. The first-order chi connectivity index (χ1) is 13.6. The maximum absolute atomic E-state index is 13.8. The summed E-state index contributed by atoms with van der Waals surface area (Å²) in [7, 11) is 1.77. The van der Waals surface area contributed by atoms with Gasteiger partial charge in [0.1, 0.15) is 5.82 Å². The Morgan fingerprint density at radius 3 is 2.76 bits per heavy atom. The summed E-state index contributed by atoms with van der Waals surface area (Å²) < 4.78 is 19.4. The smallest absolute Gasteiger partial charge is 0.191 e. The van der Waals surface area contributed by atoms with Gasteiger partial charge in [-0.1, -0.05) is 19.1 Å². The molecule has 1 fully saturated rings. The molecule has 0 saturated carbocycles. The minimum absolute atomic E-state index is 0. The second-order valence-corrected chi connectivity index (χ2v) is 8.28. The molecule has 1 aliphatic heterocycles. The van der Waals surface area contributed by atoms with Gasteiger partial charge < -0.3 is 15.4 Å². The molecule has 0 atom stereocenters. The first-order valence-electron chi connectivity index (χ1n) is 9.87. The maximum atomic E-state index is 13.8. The standard InChI is InChI=1S/C21H29FN4OS.HI/c1-3-18-14-25-19(28-18)7-10-24-20(23-2)26-15-21(8-11-27-12-9-21)16-5-4-6-17(22)13-16;/h4-6,13-14H,3,7-12,15H2,1-2H3,(H2,23,24,26);1H. The van der Waals surface area contributed by atoms with Gasteiger partial charge in [0.15, 0.2) is 5.96 Å². The molecule has 160 valence electrons. The van der Waals surface area contributed by atoms with E-state index < -0.39 is 0 Å². The molecule has 0 radical (unpaired) electrons. The Kier molecular flexibility index (Phi) is 9.78. The molecule has 0 spiro atoms. The fraction of sp³-hybridized carbons (Fsp3) is 0.524. The fourth-order valence-electron chi connectivity index (χ4n) is 3.54. The lowest BCUT2D eigenvalue weighted by Crippen LogP contribution is -2.48. The van der Waals surface area contributed by atoms with Crippen LogP contribution >= 0.6 is 35.3 Å². The van der Waals surface area contributed by atoms with Crippen LogP contribution in [0.4, 0.5) is 4.39 Å². The largest absolute Gasteiger partial charge is 0.381 e. The molecule has 1 aromatic carbocycles. The normalized spacial score (nSPS) is 16.2. The van der Waals surface area contributed by atoms with Crippen molar-refractivity contribution in [3.63, 3.8) is 0 Å². The van der Waals surface area contributed by atoms with E-state index in [0.717, 1.165) is 48.8 Å². The summed E-state index contributed by atoms with van der Waals surface area (Å²) in [6.45, 7) is 4.98. The summed E-state index contributed by atoms with van der Waals surface area (Å²) in [5.74, 6) is 0.565. The molecule has 5 nitrogen and oxygen atoms in total. The number of benzene rings is 1. The topological polar surface area (TPSA) is 58.5 Å². The van der Waals surface area contributed by atoms with Gasteiger partial charge in [0.2, 0.25) is 0 Å². The fourth-order valence-corrected chi connectivity index (χ4v) is 4.40. The van der Waals surface area contributed by atoms with Crippen LogP contribution < -0.4 is 10.6 Å². The van der Waals surface area contributed by atoms with Crippen LogP contribution in [-0.2, 0) is 23.0 Å². The van der Waals surface area contributed by atoms with E-state index in [-0.39, 0.29) is 35.2 Å². The van der Waals surface area contributed by atoms with Crippen molar-refractivity contribution in [3.8, 4) is 0 Å². The first kappa shape index (κ1) is 24.0. The van der Waals surface area contributed by atoms with Gasteiger partial charge in [-0.15, -0.1) is 35.3 Å². The Balaban J connectivity index is 0.00000300. The van der Waals surface area contributed by atoms with Crippen LogP contribution in [0.25, 0.3) is 0 Å². The number of halogens is 2. The highest BCUT2D eigenvalue weighted by Gasteiger charge is 2.34. The third-order valence-electron chi connectivity index (χ3n) is 5.29. The van der Waals surface area contributed by atoms with Crippen LogP contribution in [0, 0.1) is 5.82 Å². The second kappa shape index (κ2) is 11.8. The number of nitrogens with one attached hydrogen (secondary N) is 2. The van der Waals surface area contributed by atoms with E-state index in [9.17, 15) is 4.39 Å². The zero-order valence-corrected chi connectivity index (χ0v) is 20.2. The van der Waals surface area contributed by atoms with Gasteiger partial charge in [-0.2, -0.15) is 0 Å². The third kappa shape index (κ3) is 6.62. The summed E-state index contributed by atoms with van der Waals surface area (Å²) in [4.78, 5) is 10.1. The molecule has 1 saturated heterocycles. The highest BCUT2D eigenvalue weighted by molar-refractivity contribution is 14.0.